The zero-order valence-corrected chi connectivity index (χ0v) is 13.6. The molecule has 118 valence electrons. The fourth-order valence-electron chi connectivity index (χ4n) is 2.19. The van der Waals surface area contributed by atoms with Gasteiger partial charge in [0.1, 0.15) is 4.88 Å². The number of nitrogens with one attached hydrogen (secondary N) is 1. The number of thiophene rings is 1. The molecule has 1 N–H and O–H groups in total. The van der Waals surface area contributed by atoms with Gasteiger partial charge >= 0.3 is 6.01 Å². The minimum Gasteiger partial charge on any atom is -0.403 e. The van der Waals surface area contributed by atoms with Gasteiger partial charge in [-0.1, -0.05) is 34.9 Å². The van der Waals surface area contributed by atoms with E-state index in [1.807, 2.05) is 24.3 Å². The standard InChI is InChI=1S/C16H9ClN4O2S/c17-12-10-5-1-2-6-11(10)24-13(12)14(22)19-16-21-20-15(23-16)9-4-3-7-18-8-9/h1-8H,(H,19,21,22). The van der Waals surface area contributed by atoms with Crippen molar-refractivity contribution >= 4 is 44.9 Å². The minimum absolute atomic E-state index is 0.00683. The summed E-state index contributed by atoms with van der Waals surface area (Å²) in [6.45, 7) is 0. The van der Waals surface area contributed by atoms with Crippen LogP contribution in [0.4, 0.5) is 6.01 Å². The second-order valence-electron chi connectivity index (χ2n) is 4.85. The van der Waals surface area contributed by atoms with Crippen LogP contribution in [0.5, 0.6) is 0 Å². The smallest absolute Gasteiger partial charge is 0.322 e. The molecule has 0 aliphatic carbocycles. The molecule has 0 aliphatic rings. The van der Waals surface area contributed by atoms with Crippen molar-refractivity contribution < 1.29 is 9.21 Å². The summed E-state index contributed by atoms with van der Waals surface area (Å²) >= 11 is 7.60. The first kappa shape index (κ1) is 14.8. The average molecular weight is 357 g/mol. The number of hydrogen-bond acceptors (Lipinski definition) is 6. The summed E-state index contributed by atoms with van der Waals surface area (Å²) in [4.78, 5) is 16.8. The van der Waals surface area contributed by atoms with Gasteiger partial charge in [-0.25, -0.2) is 0 Å². The SMILES string of the molecule is O=C(Nc1nnc(-c2cccnc2)o1)c1sc2ccccc2c1Cl. The summed E-state index contributed by atoms with van der Waals surface area (Å²) in [7, 11) is 0. The first-order chi connectivity index (χ1) is 11.7. The lowest BCUT2D eigenvalue weighted by molar-refractivity contribution is 0.102. The fourth-order valence-corrected chi connectivity index (χ4v) is 3.61. The highest BCUT2D eigenvalue weighted by molar-refractivity contribution is 7.21. The summed E-state index contributed by atoms with van der Waals surface area (Å²) in [6.07, 6.45) is 3.24. The summed E-state index contributed by atoms with van der Waals surface area (Å²) in [5, 5.41) is 11.6. The van der Waals surface area contributed by atoms with Gasteiger partial charge in [-0.05, 0) is 18.2 Å². The van der Waals surface area contributed by atoms with Crippen LogP contribution in [0, 0.1) is 0 Å². The third kappa shape index (κ3) is 2.64. The van der Waals surface area contributed by atoms with Crippen LogP contribution in [0.3, 0.4) is 0 Å². The van der Waals surface area contributed by atoms with Crippen molar-refractivity contribution in [1.29, 1.82) is 0 Å². The van der Waals surface area contributed by atoms with Crippen LogP contribution in [-0.4, -0.2) is 21.1 Å². The van der Waals surface area contributed by atoms with Crippen molar-refractivity contribution in [3.63, 3.8) is 0 Å². The van der Waals surface area contributed by atoms with Crippen molar-refractivity contribution in [2.75, 3.05) is 5.32 Å². The number of benzene rings is 1. The second kappa shape index (κ2) is 6.03. The van der Waals surface area contributed by atoms with Gasteiger partial charge in [-0.15, -0.1) is 16.4 Å². The van der Waals surface area contributed by atoms with E-state index in [2.05, 4.69) is 20.5 Å². The Morgan fingerprint density at radius 1 is 1.17 bits per heavy atom. The van der Waals surface area contributed by atoms with Gasteiger partial charge < -0.3 is 4.42 Å². The predicted octanol–water partition coefficient (Wildman–Crippen LogP) is 4.25. The zero-order valence-electron chi connectivity index (χ0n) is 12.1. The van der Waals surface area contributed by atoms with E-state index in [0.29, 0.717) is 15.5 Å². The van der Waals surface area contributed by atoms with Gasteiger partial charge in [0.15, 0.2) is 0 Å². The van der Waals surface area contributed by atoms with Crippen LogP contribution >= 0.6 is 22.9 Å². The number of carbonyl (C=O) groups excluding carboxylic acids is 1. The van der Waals surface area contributed by atoms with Gasteiger partial charge in [0.05, 0.1) is 10.6 Å². The van der Waals surface area contributed by atoms with Crippen LogP contribution in [0.25, 0.3) is 21.5 Å². The van der Waals surface area contributed by atoms with Gasteiger partial charge in [0.2, 0.25) is 0 Å². The quantitative estimate of drug-likeness (QED) is 0.593. The van der Waals surface area contributed by atoms with Crippen LogP contribution < -0.4 is 5.32 Å². The molecule has 0 saturated heterocycles. The lowest BCUT2D eigenvalue weighted by Gasteiger charge is -1.98. The zero-order chi connectivity index (χ0) is 16.5. The highest BCUT2D eigenvalue weighted by Crippen LogP contribution is 2.35. The van der Waals surface area contributed by atoms with Crippen molar-refractivity contribution in [1.82, 2.24) is 15.2 Å². The molecule has 0 saturated carbocycles. The third-order valence-corrected chi connectivity index (χ3v) is 4.97. The number of carbonyl (C=O) groups is 1. The number of aromatic nitrogens is 3. The molecule has 1 amide bonds. The number of halogens is 1. The molecule has 0 aliphatic heterocycles. The first-order valence-corrected chi connectivity index (χ1v) is 8.14. The number of fused-ring (bicyclic) bond motifs is 1. The van der Waals surface area contributed by atoms with Gasteiger partial charge in [-0.2, -0.15) is 0 Å². The molecule has 3 heterocycles. The van der Waals surface area contributed by atoms with Crippen molar-refractivity contribution in [3.8, 4) is 11.5 Å². The van der Waals surface area contributed by atoms with E-state index in [9.17, 15) is 4.79 Å². The largest absolute Gasteiger partial charge is 0.403 e. The number of amides is 1. The fraction of sp³-hybridized carbons (Fsp3) is 0. The lowest BCUT2D eigenvalue weighted by Crippen LogP contribution is -2.10. The Hall–Kier alpha value is -2.77. The Kier molecular flexibility index (Phi) is 3.72. The molecule has 0 spiro atoms. The van der Waals surface area contributed by atoms with E-state index in [4.69, 9.17) is 16.0 Å². The molecule has 1 aromatic carbocycles. The molecular formula is C16H9ClN4O2S. The molecule has 0 atom stereocenters. The van der Waals surface area contributed by atoms with Gasteiger partial charge in [0, 0.05) is 22.5 Å². The van der Waals surface area contributed by atoms with E-state index in [1.165, 1.54) is 11.3 Å². The highest BCUT2D eigenvalue weighted by Gasteiger charge is 2.19. The minimum atomic E-state index is -0.386. The molecule has 4 aromatic rings. The average Bonchev–Trinajstić information content (AvgIpc) is 3.21. The van der Waals surface area contributed by atoms with Crippen LogP contribution in [0.2, 0.25) is 5.02 Å². The van der Waals surface area contributed by atoms with Crippen molar-refractivity contribution in [3.05, 3.63) is 58.7 Å². The van der Waals surface area contributed by atoms with Gasteiger partial charge in [0.25, 0.3) is 11.8 Å². The number of anilines is 1. The monoisotopic (exact) mass is 356 g/mol. The molecular weight excluding hydrogens is 348 g/mol. The third-order valence-electron chi connectivity index (χ3n) is 3.30. The predicted molar refractivity (Wildman–Crippen MR) is 92.3 cm³/mol. The summed E-state index contributed by atoms with van der Waals surface area (Å²) in [5.41, 5.74) is 0.672. The van der Waals surface area contributed by atoms with E-state index >= 15 is 0 Å². The summed E-state index contributed by atoms with van der Waals surface area (Å²) in [5.74, 6) is -0.108. The van der Waals surface area contributed by atoms with Crippen molar-refractivity contribution in [2.24, 2.45) is 0 Å². The van der Waals surface area contributed by atoms with E-state index < -0.39 is 0 Å². The topological polar surface area (TPSA) is 80.9 Å². The molecule has 0 fully saturated rings. The Morgan fingerprint density at radius 2 is 2.04 bits per heavy atom. The second-order valence-corrected chi connectivity index (χ2v) is 6.28. The van der Waals surface area contributed by atoms with Crippen LogP contribution in [0.15, 0.2) is 53.2 Å². The first-order valence-electron chi connectivity index (χ1n) is 6.94. The Bertz CT molecular complexity index is 1030. The molecule has 6 nitrogen and oxygen atoms in total. The molecule has 0 radical (unpaired) electrons. The van der Waals surface area contributed by atoms with E-state index in [-0.39, 0.29) is 17.8 Å². The highest BCUT2D eigenvalue weighted by atomic mass is 35.5. The van der Waals surface area contributed by atoms with E-state index in [0.717, 1.165) is 10.1 Å². The maximum atomic E-state index is 12.4. The summed E-state index contributed by atoms with van der Waals surface area (Å²) < 4.78 is 6.38. The van der Waals surface area contributed by atoms with Crippen molar-refractivity contribution in [2.45, 2.75) is 0 Å². The molecule has 8 heteroatoms. The maximum absolute atomic E-state index is 12.4. The summed E-state index contributed by atoms with van der Waals surface area (Å²) in [6, 6.07) is 11.1. The number of pyridine rings is 1. The maximum Gasteiger partial charge on any atom is 0.322 e. The van der Waals surface area contributed by atoms with Crippen LogP contribution in [0.1, 0.15) is 9.67 Å². The molecule has 24 heavy (non-hydrogen) atoms. The van der Waals surface area contributed by atoms with Gasteiger partial charge in [-0.3, -0.25) is 15.1 Å². The Labute approximate surface area is 145 Å². The Balaban J connectivity index is 1.60. The Morgan fingerprint density at radius 3 is 2.83 bits per heavy atom. The molecule has 4 rings (SSSR count). The normalized spacial score (nSPS) is 10.9. The molecule has 3 aromatic heterocycles. The number of nitrogens with zero attached hydrogens (tertiary/aromatic N) is 3. The van der Waals surface area contributed by atoms with E-state index in [1.54, 1.807) is 24.5 Å². The molecule has 0 bridgehead atoms. The van der Waals surface area contributed by atoms with Crippen LogP contribution in [-0.2, 0) is 0 Å². The number of rotatable bonds is 3. The lowest BCUT2D eigenvalue weighted by atomic mass is 10.2. The number of hydrogen-bond donors (Lipinski definition) is 1. The molecule has 0 unspecified atom stereocenters.